The van der Waals surface area contributed by atoms with Crippen LogP contribution in [0.2, 0.25) is 0 Å². The second-order valence-electron chi connectivity index (χ2n) is 6.38. The van der Waals surface area contributed by atoms with Gasteiger partial charge in [-0.2, -0.15) is 0 Å². The lowest BCUT2D eigenvalue weighted by atomic mass is 9.83. The standard InChI is InChI=1S/C15H25N3O4S2.ClH/c1-12-10-13(6-7-14(12)24(21,22)17-2)23(19,20)18-11-15(16)8-4-3-5-9-15;/h6-7,10,17-18H,3-5,8-9,11,16H2,1-2H3;1H. The Labute approximate surface area is 156 Å². The van der Waals surface area contributed by atoms with E-state index in [0.717, 1.165) is 32.1 Å². The van der Waals surface area contributed by atoms with E-state index in [2.05, 4.69) is 9.44 Å². The number of hydrogen-bond donors (Lipinski definition) is 3. The molecule has 1 fully saturated rings. The van der Waals surface area contributed by atoms with Crippen molar-refractivity contribution in [3.05, 3.63) is 23.8 Å². The van der Waals surface area contributed by atoms with Crippen LogP contribution in [0, 0.1) is 6.92 Å². The van der Waals surface area contributed by atoms with Gasteiger partial charge in [-0.25, -0.2) is 26.3 Å². The van der Waals surface area contributed by atoms with Gasteiger partial charge in [-0.3, -0.25) is 0 Å². The highest BCUT2D eigenvalue weighted by Crippen LogP contribution is 2.26. The maximum atomic E-state index is 12.5. The van der Waals surface area contributed by atoms with Crippen LogP contribution in [0.15, 0.2) is 28.0 Å². The summed E-state index contributed by atoms with van der Waals surface area (Å²) < 4.78 is 53.5. The second-order valence-corrected chi connectivity index (χ2v) is 10.0. The number of sulfonamides is 2. The van der Waals surface area contributed by atoms with Crippen LogP contribution in [-0.2, 0) is 20.0 Å². The first-order valence-electron chi connectivity index (χ1n) is 7.92. The maximum Gasteiger partial charge on any atom is 0.240 e. The molecule has 0 aromatic heterocycles. The minimum Gasteiger partial charge on any atom is -0.324 e. The van der Waals surface area contributed by atoms with Gasteiger partial charge in [0.1, 0.15) is 0 Å². The molecule has 0 radical (unpaired) electrons. The molecule has 4 N–H and O–H groups in total. The van der Waals surface area contributed by atoms with Crippen molar-refractivity contribution in [2.45, 2.75) is 54.4 Å². The van der Waals surface area contributed by atoms with Crippen LogP contribution in [0.1, 0.15) is 37.7 Å². The van der Waals surface area contributed by atoms with E-state index in [-0.39, 0.29) is 28.7 Å². The third kappa shape index (κ3) is 5.38. The Balaban J connectivity index is 0.00000312. The molecule has 0 amide bonds. The number of halogens is 1. The van der Waals surface area contributed by atoms with Crippen molar-refractivity contribution in [3.8, 4) is 0 Å². The summed E-state index contributed by atoms with van der Waals surface area (Å²) in [4.78, 5) is 0.0981. The van der Waals surface area contributed by atoms with Crippen molar-refractivity contribution in [2.75, 3.05) is 13.6 Å². The van der Waals surface area contributed by atoms with Gasteiger partial charge in [0.25, 0.3) is 0 Å². The second kappa shape index (κ2) is 8.32. The van der Waals surface area contributed by atoms with Crippen LogP contribution in [0.4, 0.5) is 0 Å². The number of nitrogens with two attached hydrogens (primary N) is 1. The van der Waals surface area contributed by atoms with Crippen LogP contribution in [0.25, 0.3) is 0 Å². The zero-order valence-corrected chi connectivity index (χ0v) is 16.9. The maximum absolute atomic E-state index is 12.5. The van der Waals surface area contributed by atoms with Gasteiger partial charge in [-0.05, 0) is 50.6 Å². The molecule has 0 unspecified atom stereocenters. The normalized spacial score (nSPS) is 17.7. The summed E-state index contributed by atoms with van der Waals surface area (Å²) in [7, 11) is -6.04. The lowest BCUT2D eigenvalue weighted by Crippen LogP contribution is -2.51. The van der Waals surface area contributed by atoms with Crippen molar-refractivity contribution in [2.24, 2.45) is 5.73 Å². The van der Waals surface area contributed by atoms with Gasteiger partial charge in [-0.15, -0.1) is 12.4 Å². The topological polar surface area (TPSA) is 118 Å². The molecular weight excluding hydrogens is 386 g/mol. The van der Waals surface area contributed by atoms with E-state index in [1.807, 2.05) is 0 Å². The van der Waals surface area contributed by atoms with Crippen LogP contribution >= 0.6 is 12.4 Å². The molecule has 10 heteroatoms. The Kier molecular flexibility index (Phi) is 7.43. The van der Waals surface area contributed by atoms with Gasteiger partial charge < -0.3 is 5.73 Å². The summed E-state index contributed by atoms with van der Waals surface area (Å²) >= 11 is 0. The number of nitrogens with one attached hydrogen (secondary N) is 2. The Hall–Kier alpha value is -0.710. The first-order chi connectivity index (χ1) is 11.1. The predicted molar refractivity (Wildman–Crippen MR) is 99.9 cm³/mol. The summed E-state index contributed by atoms with van der Waals surface area (Å²) in [6.07, 6.45) is 4.75. The smallest absolute Gasteiger partial charge is 0.240 e. The Morgan fingerprint density at radius 1 is 1.08 bits per heavy atom. The molecule has 1 aliphatic rings. The number of benzene rings is 1. The van der Waals surface area contributed by atoms with Crippen molar-refractivity contribution in [1.82, 2.24) is 9.44 Å². The fraction of sp³-hybridized carbons (Fsp3) is 0.600. The SMILES string of the molecule is CNS(=O)(=O)c1ccc(S(=O)(=O)NCC2(N)CCCCC2)cc1C.Cl. The largest absolute Gasteiger partial charge is 0.324 e. The fourth-order valence-electron chi connectivity index (χ4n) is 2.96. The minimum atomic E-state index is -3.73. The molecule has 1 saturated carbocycles. The van der Waals surface area contributed by atoms with Crippen molar-refractivity contribution in [1.29, 1.82) is 0 Å². The van der Waals surface area contributed by atoms with E-state index in [9.17, 15) is 16.8 Å². The molecule has 0 saturated heterocycles. The van der Waals surface area contributed by atoms with E-state index < -0.39 is 25.6 Å². The van der Waals surface area contributed by atoms with E-state index in [4.69, 9.17) is 5.73 Å². The molecule has 0 atom stereocenters. The fourth-order valence-corrected chi connectivity index (χ4v) is 5.13. The number of rotatable bonds is 6. The van der Waals surface area contributed by atoms with Crippen molar-refractivity contribution >= 4 is 32.5 Å². The minimum absolute atomic E-state index is 0. The van der Waals surface area contributed by atoms with Gasteiger partial charge in [0.15, 0.2) is 0 Å². The molecule has 0 aliphatic heterocycles. The van der Waals surface area contributed by atoms with Gasteiger partial charge in [0, 0.05) is 12.1 Å². The Morgan fingerprint density at radius 2 is 1.68 bits per heavy atom. The monoisotopic (exact) mass is 411 g/mol. The molecule has 1 aromatic carbocycles. The zero-order chi connectivity index (χ0) is 18.0. The van der Waals surface area contributed by atoms with Crippen molar-refractivity contribution < 1.29 is 16.8 Å². The summed E-state index contributed by atoms with van der Waals surface area (Å²) in [5, 5.41) is 0. The van der Waals surface area contributed by atoms with E-state index in [1.54, 1.807) is 6.92 Å². The predicted octanol–water partition coefficient (Wildman–Crippen LogP) is 1.26. The lowest BCUT2D eigenvalue weighted by Gasteiger charge is -2.33. The average Bonchev–Trinajstić information content (AvgIpc) is 2.53. The molecular formula is C15H26ClN3O4S2. The molecule has 144 valence electrons. The average molecular weight is 412 g/mol. The first kappa shape index (κ1) is 22.3. The van der Waals surface area contributed by atoms with Crippen LogP contribution in [0.5, 0.6) is 0 Å². The zero-order valence-electron chi connectivity index (χ0n) is 14.4. The number of aryl methyl sites for hydroxylation is 1. The van der Waals surface area contributed by atoms with E-state index in [1.165, 1.54) is 25.2 Å². The van der Waals surface area contributed by atoms with Crippen LogP contribution < -0.4 is 15.2 Å². The van der Waals surface area contributed by atoms with Gasteiger partial charge >= 0.3 is 0 Å². The quantitative estimate of drug-likeness (QED) is 0.651. The summed E-state index contributed by atoms with van der Waals surface area (Å²) in [5.74, 6) is 0. The first-order valence-corrected chi connectivity index (χ1v) is 10.9. The van der Waals surface area contributed by atoms with Crippen LogP contribution in [0.3, 0.4) is 0 Å². The molecule has 2 rings (SSSR count). The molecule has 0 heterocycles. The molecule has 1 aromatic rings. The lowest BCUT2D eigenvalue weighted by molar-refractivity contribution is 0.296. The van der Waals surface area contributed by atoms with Crippen molar-refractivity contribution in [3.63, 3.8) is 0 Å². The van der Waals surface area contributed by atoms with Gasteiger partial charge in [0.05, 0.1) is 9.79 Å². The van der Waals surface area contributed by atoms with Gasteiger partial charge in [0.2, 0.25) is 20.0 Å². The third-order valence-electron chi connectivity index (χ3n) is 4.48. The molecule has 1 aliphatic carbocycles. The van der Waals surface area contributed by atoms with Gasteiger partial charge in [-0.1, -0.05) is 19.3 Å². The Morgan fingerprint density at radius 3 is 2.20 bits per heavy atom. The molecule has 7 nitrogen and oxygen atoms in total. The van der Waals surface area contributed by atoms with E-state index >= 15 is 0 Å². The molecule has 0 spiro atoms. The molecule has 0 bridgehead atoms. The van der Waals surface area contributed by atoms with E-state index in [0.29, 0.717) is 5.56 Å². The highest BCUT2D eigenvalue weighted by atomic mass is 35.5. The highest BCUT2D eigenvalue weighted by molar-refractivity contribution is 7.90. The Bertz CT molecular complexity index is 804. The highest BCUT2D eigenvalue weighted by Gasteiger charge is 2.29. The number of hydrogen-bond acceptors (Lipinski definition) is 5. The third-order valence-corrected chi connectivity index (χ3v) is 7.45. The summed E-state index contributed by atoms with van der Waals surface area (Å²) in [6.45, 7) is 1.75. The van der Waals surface area contributed by atoms with Crippen LogP contribution in [-0.4, -0.2) is 36.0 Å². The summed E-state index contributed by atoms with van der Waals surface area (Å²) in [5.41, 5.74) is 6.12. The molecule has 25 heavy (non-hydrogen) atoms. The summed E-state index contributed by atoms with van der Waals surface area (Å²) in [6, 6.07) is 3.95.